The summed E-state index contributed by atoms with van der Waals surface area (Å²) >= 11 is 0. The fraction of sp³-hybridized carbons (Fsp3) is 0. The summed E-state index contributed by atoms with van der Waals surface area (Å²) in [5.41, 5.74) is 0.307. The zero-order valence-electron chi connectivity index (χ0n) is 40.3. The van der Waals surface area contributed by atoms with Gasteiger partial charge in [0.2, 0.25) is 0 Å². The summed E-state index contributed by atoms with van der Waals surface area (Å²) in [6.07, 6.45) is 0. The highest BCUT2D eigenvalue weighted by molar-refractivity contribution is 7.01. The SMILES string of the molecule is [2H]c1c([2H])c([2H])c(N(c2ccc3c(c2)Oc2cccc4c2B3c2c-4n(-c3c([2H])c([2H])c([2H])c([2H])c3[2H])c3c([2H])c([2H])c([2H])c([2H])c23)c2c([2H])c([2H])c([2H])c([2H])c2[2H])c([2H])c1[2H]. The van der Waals surface area contributed by atoms with Crippen LogP contribution in [-0.2, 0) is 0 Å². The first kappa shape index (κ1) is 11.4. The predicted octanol–water partition coefficient (Wildman–Crippen LogP) is 7.70. The van der Waals surface area contributed by atoms with Crippen LogP contribution < -0.4 is 26.0 Å². The Balaban J connectivity index is 1.38. The molecule has 0 unspecified atom stereocenters. The lowest BCUT2D eigenvalue weighted by Gasteiger charge is -2.29. The van der Waals surface area contributed by atoms with E-state index < -0.39 is 133 Å². The van der Waals surface area contributed by atoms with Gasteiger partial charge in [-0.05, 0) is 81.8 Å². The molecular formula is C38H25BN2O. The van der Waals surface area contributed by atoms with Crippen LogP contribution in [0, 0.1) is 0 Å². The van der Waals surface area contributed by atoms with E-state index in [2.05, 4.69) is 0 Å². The number of para-hydroxylation sites is 4. The quantitative estimate of drug-likeness (QED) is 0.207. The number of rotatable bonds is 4. The van der Waals surface area contributed by atoms with Crippen molar-refractivity contribution in [3.8, 4) is 28.4 Å². The summed E-state index contributed by atoms with van der Waals surface area (Å²) in [7, 11) is 0. The lowest BCUT2D eigenvalue weighted by Crippen LogP contribution is -2.52. The van der Waals surface area contributed by atoms with Crippen LogP contribution in [0.5, 0.6) is 11.5 Å². The molecule has 42 heavy (non-hydrogen) atoms. The average Bonchev–Trinajstić information content (AvgIpc) is 3.77. The van der Waals surface area contributed by atoms with Gasteiger partial charge in [-0.15, -0.1) is 0 Å². The number of fused-ring (bicyclic) bond motifs is 7. The smallest absolute Gasteiger partial charge is 0.255 e. The molecule has 0 radical (unpaired) electrons. The van der Waals surface area contributed by atoms with E-state index in [1.807, 2.05) is 0 Å². The van der Waals surface area contributed by atoms with Crippen LogP contribution in [0.4, 0.5) is 17.1 Å². The molecule has 9 rings (SSSR count). The highest BCUT2D eigenvalue weighted by Crippen LogP contribution is 2.41. The minimum Gasteiger partial charge on any atom is -0.458 e. The van der Waals surface area contributed by atoms with Crippen molar-refractivity contribution in [2.45, 2.75) is 0 Å². The maximum absolute atomic E-state index is 9.19. The largest absolute Gasteiger partial charge is 0.458 e. The fourth-order valence-corrected chi connectivity index (χ4v) is 5.93. The van der Waals surface area contributed by atoms with Gasteiger partial charge in [-0.25, -0.2) is 0 Å². The Bertz CT molecular complexity index is 3050. The normalized spacial score (nSPS) is 18.8. The second-order valence-corrected chi connectivity index (χ2v) is 9.55. The molecule has 6 aromatic carbocycles. The number of benzene rings is 6. The first-order chi connectivity index (χ1) is 28.7. The highest BCUT2D eigenvalue weighted by Gasteiger charge is 2.44. The van der Waals surface area contributed by atoms with E-state index in [1.165, 1.54) is 16.7 Å². The van der Waals surface area contributed by atoms with Crippen molar-refractivity contribution in [3.63, 3.8) is 0 Å². The van der Waals surface area contributed by atoms with E-state index in [0.717, 1.165) is 4.90 Å². The lowest BCUT2D eigenvalue weighted by molar-refractivity contribution is 0.488. The average molecular weight is 556 g/mol. The Hall–Kier alpha value is -5.48. The summed E-state index contributed by atoms with van der Waals surface area (Å²) in [5.74, 6) is 0.330. The molecule has 0 aliphatic carbocycles. The molecular weight excluding hydrogens is 511 g/mol. The van der Waals surface area contributed by atoms with Crippen LogP contribution in [0.1, 0.15) is 26.0 Å². The second-order valence-electron chi connectivity index (χ2n) is 9.55. The first-order valence-electron chi connectivity index (χ1n) is 22.3. The Kier molecular flexibility index (Phi) is 2.45. The van der Waals surface area contributed by atoms with Gasteiger partial charge in [0.25, 0.3) is 6.71 Å². The molecule has 196 valence electrons. The van der Waals surface area contributed by atoms with Gasteiger partial charge in [-0.3, -0.25) is 0 Å². The first-order valence-corrected chi connectivity index (χ1v) is 12.8. The predicted molar refractivity (Wildman–Crippen MR) is 175 cm³/mol. The van der Waals surface area contributed by atoms with Crippen LogP contribution in [0.25, 0.3) is 27.8 Å². The number of nitrogens with zero attached hydrogens (tertiary/aromatic N) is 2. The lowest BCUT2D eigenvalue weighted by atomic mass is 9.37. The van der Waals surface area contributed by atoms with Crippen LogP contribution in [0.2, 0.25) is 0 Å². The van der Waals surface area contributed by atoms with Gasteiger partial charge in [-0.2, -0.15) is 0 Å². The molecule has 4 heteroatoms. The summed E-state index contributed by atoms with van der Waals surface area (Å²) in [4.78, 5) is 0.983. The third-order valence-electron chi connectivity index (χ3n) is 7.46. The maximum Gasteiger partial charge on any atom is 0.255 e. The van der Waals surface area contributed by atoms with E-state index in [9.17, 15) is 1.37 Å². The monoisotopic (exact) mass is 555 g/mol. The minimum atomic E-state index is -0.887. The van der Waals surface area contributed by atoms with Crippen molar-refractivity contribution in [3.05, 3.63) is 151 Å². The van der Waals surface area contributed by atoms with Crippen molar-refractivity contribution >= 4 is 51.1 Å². The molecule has 0 bridgehead atoms. The number of hydrogen-bond acceptors (Lipinski definition) is 2. The molecule has 3 nitrogen and oxygen atoms in total. The Morgan fingerprint density at radius 1 is 0.619 bits per heavy atom. The number of anilines is 3. The molecule has 1 aromatic heterocycles. The van der Waals surface area contributed by atoms with Crippen molar-refractivity contribution < 1.29 is 30.8 Å². The Morgan fingerprint density at radius 3 is 2.02 bits per heavy atom. The van der Waals surface area contributed by atoms with E-state index in [-0.39, 0.29) is 39.5 Å². The van der Waals surface area contributed by atoms with Gasteiger partial charge in [0.05, 0.1) is 31.6 Å². The molecule has 0 N–H and O–H groups in total. The summed E-state index contributed by atoms with van der Waals surface area (Å²) in [5, 5.41) is 0.0109. The fourth-order valence-electron chi connectivity index (χ4n) is 5.93. The number of aromatic nitrogens is 1. The summed E-state index contributed by atoms with van der Waals surface area (Å²) in [6.45, 7) is -0.887. The van der Waals surface area contributed by atoms with Crippen molar-refractivity contribution in [1.29, 1.82) is 0 Å². The molecule has 2 aliphatic rings. The molecule has 0 spiro atoms. The standard InChI is InChI=1S/C38H25BN2O/c1-4-13-26(14-5-1)40(27-15-6-2-7-16-27)29-23-24-32-35(25-29)42-34-22-12-20-31-36(34)39(32)37-30-19-10-11-21-33(30)41(38(31)37)28-17-8-3-9-18-28/h1-25H/i1D,2D,3D,4D,5D,6D,7D,8D,9D,10D,11D,13D,14D,15D,16D,17D,18D,19D,21D. The van der Waals surface area contributed by atoms with E-state index in [0.29, 0.717) is 22.0 Å². The highest BCUT2D eigenvalue weighted by atomic mass is 16.5. The van der Waals surface area contributed by atoms with Crippen LogP contribution >= 0.6 is 0 Å². The molecule has 0 fully saturated rings. The van der Waals surface area contributed by atoms with Gasteiger partial charge in [0.1, 0.15) is 11.5 Å². The third kappa shape index (κ3) is 3.29. The van der Waals surface area contributed by atoms with Gasteiger partial charge >= 0.3 is 0 Å². The van der Waals surface area contributed by atoms with Crippen molar-refractivity contribution in [2.24, 2.45) is 0 Å². The molecule has 0 saturated heterocycles. The molecule has 7 aromatic rings. The molecule has 0 saturated carbocycles. The van der Waals surface area contributed by atoms with Crippen LogP contribution in [0.3, 0.4) is 0 Å². The van der Waals surface area contributed by atoms with Crippen LogP contribution in [-0.4, -0.2) is 11.3 Å². The molecule has 0 amide bonds. The van der Waals surface area contributed by atoms with Crippen LogP contribution in [0.15, 0.2) is 151 Å². The molecule has 0 atom stereocenters. The van der Waals surface area contributed by atoms with Gasteiger partial charge in [-0.1, -0.05) is 90.7 Å². The number of hydrogen-bond donors (Lipinski definition) is 0. The zero-order valence-corrected chi connectivity index (χ0v) is 21.3. The Labute approximate surface area is 271 Å². The van der Waals surface area contributed by atoms with E-state index >= 15 is 0 Å². The van der Waals surface area contributed by atoms with Crippen molar-refractivity contribution in [2.75, 3.05) is 4.90 Å². The van der Waals surface area contributed by atoms with Crippen molar-refractivity contribution in [1.82, 2.24) is 4.57 Å². The van der Waals surface area contributed by atoms with Gasteiger partial charge < -0.3 is 14.2 Å². The summed E-state index contributed by atoms with van der Waals surface area (Å²) in [6, 6.07) is -3.45. The van der Waals surface area contributed by atoms with Gasteiger partial charge in [0, 0.05) is 34.5 Å². The third-order valence-corrected chi connectivity index (χ3v) is 7.46. The zero-order chi connectivity index (χ0) is 44.2. The van der Waals surface area contributed by atoms with E-state index in [4.69, 9.17) is 29.4 Å². The maximum atomic E-state index is 9.19. The number of ether oxygens (including phenoxy) is 1. The van der Waals surface area contributed by atoms with Gasteiger partial charge in [0.15, 0.2) is 0 Å². The summed E-state index contributed by atoms with van der Waals surface area (Å²) < 4.78 is 172. The molecule has 2 aliphatic heterocycles. The molecule has 3 heterocycles. The second kappa shape index (κ2) is 9.02. The van der Waals surface area contributed by atoms with E-state index in [1.54, 1.807) is 24.3 Å². The Morgan fingerprint density at radius 2 is 1.29 bits per heavy atom. The topological polar surface area (TPSA) is 17.4 Å². The minimum absolute atomic E-state index is 0.0109.